The predicted octanol–water partition coefficient (Wildman–Crippen LogP) is 2.56. The Morgan fingerprint density at radius 3 is 1.75 bits per heavy atom. The average molecular weight is 326 g/mol. The molecule has 1 nitrogen and oxygen atoms in total. The summed E-state index contributed by atoms with van der Waals surface area (Å²) in [5.74, 6) is 0. The minimum atomic E-state index is -1.49. The molecule has 8 heavy (non-hydrogen) atoms. The summed E-state index contributed by atoms with van der Waals surface area (Å²) in [6, 6.07) is 0. The summed E-state index contributed by atoms with van der Waals surface area (Å²) in [5, 5.41) is 0. The molecular formula is C3H8Br3NSi. The molecule has 5 heteroatoms. The van der Waals surface area contributed by atoms with E-state index in [9.17, 15) is 0 Å². The monoisotopic (exact) mass is 323 g/mol. The highest BCUT2D eigenvalue weighted by Crippen LogP contribution is 2.29. The highest BCUT2D eigenvalue weighted by molar-refractivity contribution is 9.71. The Morgan fingerprint density at radius 1 is 1.38 bits per heavy atom. The number of rotatable bonds is 2. The fourth-order valence-electron chi connectivity index (χ4n) is 0.179. The molecule has 50 valence electrons. The standard InChI is InChI=1S/C3H8Br3NSi/c1-3-7(2)8(4,5)6/h3H2,1-2H3. The summed E-state index contributed by atoms with van der Waals surface area (Å²) in [4.78, 5) is 0. The predicted molar refractivity (Wildman–Crippen MR) is 50.8 cm³/mol. The van der Waals surface area contributed by atoms with Crippen LogP contribution in [0.3, 0.4) is 0 Å². The van der Waals surface area contributed by atoms with Crippen LogP contribution < -0.4 is 0 Å². The molecule has 0 fully saturated rings. The molecule has 0 aromatic carbocycles. The van der Waals surface area contributed by atoms with Crippen LogP contribution in [0.2, 0.25) is 0 Å². The maximum atomic E-state index is 3.50. The zero-order chi connectivity index (χ0) is 6.78. The van der Waals surface area contributed by atoms with Gasteiger partial charge in [-0.1, -0.05) is 52.8 Å². The lowest BCUT2D eigenvalue weighted by Crippen LogP contribution is -2.34. The van der Waals surface area contributed by atoms with Crippen molar-refractivity contribution in [1.29, 1.82) is 0 Å². The van der Waals surface area contributed by atoms with Gasteiger partial charge in [-0.2, -0.15) is 0 Å². The van der Waals surface area contributed by atoms with Gasteiger partial charge in [-0.25, -0.2) is 0 Å². The van der Waals surface area contributed by atoms with Crippen LogP contribution in [0, 0.1) is 0 Å². The Bertz CT molecular complexity index is 71.4. The number of nitrogens with zero attached hydrogens (tertiary/aromatic N) is 1. The Morgan fingerprint density at radius 2 is 1.75 bits per heavy atom. The summed E-state index contributed by atoms with van der Waals surface area (Å²) in [5.41, 5.74) is 0. The molecule has 0 atom stereocenters. The van der Waals surface area contributed by atoms with Crippen molar-refractivity contribution in [3.8, 4) is 0 Å². The molecule has 0 heterocycles. The second kappa shape index (κ2) is 3.70. The van der Waals surface area contributed by atoms with Crippen molar-refractivity contribution in [2.45, 2.75) is 6.92 Å². The fraction of sp³-hybridized carbons (Fsp3) is 1.00. The van der Waals surface area contributed by atoms with E-state index in [0.717, 1.165) is 6.54 Å². The van der Waals surface area contributed by atoms with Gasteiger partial charge in [0.1, 0.15) is 0 Å². The van der Waals surface area contributed by atoms with Gasteiger partial charge in [0.05, 0.1) is 0 Å². The topological polar surface area (TPSA) is 3.24 Å². The van der Waals surface area contributed by atoms with Crippen LogP contribution >= 0.6 is 45.9 Å². The van der Waals surface area contributed by atoms with Gasteiger partial charge >= 0.3 is 4.09 Å². The average Bonchev–Trinajstić information content (AvgIpc) is 1.62. The molecule has 0 N–H and O–H groups in total. The second-order valence-corrected chi connectivity index (χ2v) is 23.1. The minimum Gasteiger partial charge on any atom is -0.301 e. The molecule has 0 aromatic rings. The van der Waals surface area contributed by atoms with E-state index < -0.39 is 4.09 Å². The van der Waals surface area contributed by atoms with Crippen molar-refractivity contribution >= 4 is 50.0 Å². The Hall–Kier alpha value is 1.62. The lowest BCUT2D eigenvalue weighted by Gasteiger charge is -2.21. The van der Waals surface area contributed by atoms with Crippen molar-refractivity contribution in [1.82, 2.24) is 4.57 Å². The normalized spacial score (nSPS) is 12.8. The largest absolute Gasteiger partial charge is 0.344 e. The van der Waals surface area contributed by atoms with Gasteiger partial charge in [-0.3, -0.25) is 0 Å². The molecule has 0 unspecified atom stereocenters. The van der Waals surface area contributed by atoms with E-state index in [1.54, 1.807) is 0 Å². The zero-order valence-electron chi connectivity index (χ0n) is 4.79. The number of hydrogen-bond acceptors (Lipinski definition) is 1. The van der Waals surface area contributed by atoms with E-state index in [4.69, 9.17) is 0 Å². The lowest BCUT2D eigenvalue weighted by atomic mass is 10.8. The van der Waals surface area contributed by atoms with E-state index in [-0.39, 0.29) is 0 Å². The summed E-state index contributed by atoms with van der Waals surface area (Å²) >= 11 is 10.5. The molecule has 0 aliphatic heterocycles. The van der Waals surface area contributed by atoms with E-state index in [0.29, 0.717) is 0 Å². The van der Waals surface area contributed by atoms with Crippen LogP contribution in [0.1, 0.15) is 6.92 Å². The van der Waals surface area contributed by atoms with Gasteiger partial charge < -0.3 is 4.57 Å². The summed E-state index contributed by atoms with van der Waals surface area (Å²) < 4.78 is 0.712. The summed E-state index contributed by atoms with van der Waals surface area (Å²) in [6.45, 7) is 3.17. The molecule has 0 amide bonds. The third kappa shape index (κ3) is 3.61. The maximum absolute atomic E-state index is 3.50. The van der Waals surface area contributed by atoms with Crippen LogP contribution in [0.25, 0.3) is 0 Å². The molecular weight excluding hydrogens is 318 g/mol. The molecule has 0 aromatic heterocycles. The molecule has 0 radical (unpaired) electrons. The van der Waals surface area contributed by atoms with Gasteiger partial charge in [0, 0.05) is 0 Å². The Kier molecular flexibility index (Phi) is 4.45. The molecule has 0 aliphatic rings. The Labute approximate surface area is 74.6 Å². The van der Waals surface area contributed by atoms with Gasteiger partial charge in [-0.05, 0) is 13.6 Å². The molecule has 0 aliphatic carbocycles. The first-order valence-electron chi connectivity index (χ1n) is 2.26. The highest BCUT2D eigenvalue weighted by atomic mass is 80.0. The molecule has 0 saturated heterocycles. The van der Waals surface area contributed by atoms with E-state index in [1.165, 1.54) is 0 Å². The van der Waals surface area contributed by atoms with Gasteiger partial charge in [0.25, 0.3) is 0 Å². The third-order valence-corrected chi connectivity index (χ3v) is 7.54. The Balaban J connectivity index is 3.62. The van der Waals surface area contributed by atoms with Crippen LogP contribution in [0.5, 0.6) is 0 Å². The molecule has 0 saturated carbocycles. The smallest absolute Gasteiger partial charge is 0.301 e. The van der Waals surface area contributed by atoms with Gasteiger partial charge in [-0.15, -0.1) is 0 Å². The molecule has 0 bridgehead atoms. The van der Waals surface area contributed by atoms with E-state index in [2.05, 4.69) is 64.4 Å². The first kappa shape index (κ1) is 9.62. The lowest BCUT2D eigenvalue weighted by molar-refractivity contribution is 0.573. The van der Waals surface area contributed by atoms with Gasteiger partial charge in [0.2, 0.25) is 0 Å². The van der Waals surface area contributed by atoms with Gasteiger partial charge in [0.15, 0.2) is 0 Å². The first-order valence-corrected chi connectivity index (χ1v) is 11.0. The van der Waals surface area contributed by atoms with Crippen LogP contribution in [0.15, 0.2) is 0 Å². The van der Waals surface area contributed by atoms with E-state index in [1.807, 2.05) is 0 Å². The second-order valence-electron chi connectivity index (χ2n) is 1.48. The van der Waals surface area contributed by atoms with E-state index >= 15 is 0 Å². The molecule has 0 rings (SSSR count). The SMILES string of the molecule is CCN(C)[Si](Br)(Br)Br. The fourth-order valence-corrected chi connectivity index (χ4v) is 2.79. The number of hydrogen-bond donors (Lipinski definition) is 0. The first-order chi connectivity index (χ1) is 3.48. The van der Waals surface area contributed by atoms with Crippen LogP contribution in [0.4, 0.5) is 0 Å². The van der Waals surface area contributed by atoms with Crippen molar-refractivity contribution in [2.75, 3.05) is 13.6 Å². The van der Waals surface area contributed by atoms with Crippen molar-refractivity contribution < 1.29 is 0 Å². The van der Waals surface area contributed by atoms with Crippen LogP contribution in [-0.4, -0.2) is 22.3 Å². The summed E-state index contributed by atoms with van der Waals surface area (Å²) in [6.07, 6.45) is 0. The summed E-state index contributed by atoms with van der Waals surface area (Å²) in [7, 11) is 2.06. The zero-order valence-corrected chi connectivity index (χ0v) is 10.5. The minimum absolute atomic E-state index is 1.05. The number of halogens is 3. The van der Waals surface area contributed by atoms with Crippen molar-refractivity contribution in [2.24, 2.45) is 0 Å². The van der Waals surface area contributed by atoms with Crippen molar-refractivity contribution in [3.63, 3.8) is 0 Å². The third-order valence-electron chi connectivity index (χ3n) is 0.907. The quantitative estimate of drug-likeness (QED) is 0.557. The molecule has 0 spiro atoms. The highest BCUT2D eigenvalue weighted by Gasteiger charge is 2.26. The maximum Gasteiger partial charge on any atom is 0.344 e. The van der Waals surface area contributed by atoms with Crippen molar-refractivity contribution in [3.05, 3.63) is 0 Å². The van der Waals surface area contributed by atoms with Crippen LogP contribution in [-0.2, 0) is 0 Å².